The molecule has 0 bridgehead atoms. The van der Waals surface area contributed by atoms with Gasteiger partial charge in [0.2, 0.25) is 5.91 Å². The average molecular weight is 355 g/mol. The number of amides is 3. The number of carbonyl (C=O) groups is 2. The van der Waals surface area contributed by atoms with Crippen molar-refractivity contribution in [2.75, 3.05) is 31.1 Å². The number of nitrogens with zero attached hydrogens (tertiary/aromatic N) is 2. The maximum absolute atomic E-state index is 12.6. The summed E-state index contributed by atoms with van der Waals surface area (Å²) in [4.78, 5) is 28.2. The Hall–Kier alpha value is -0.360. The van der Waals surface area contributed by atoms with Crippen LogP contribution in [0, 0.1) is 17.8 Å². The van der Waals surface area contributed by atoms with Gasteiger partial charge in [0.05, 0.1) is 4.58 Å². The van der Waals surface area contributed by atoms with Crippen molar-refractivity contribution in [2.45, 2.75) is 43.1 Å². The molecule has 0 aromatic heterocycles. The van der Waals surface area contributed by atoms with E-state index in [-0.39, 0.29) is 11.9 Å². The molecule has 4 aliphatic rings. The Labute approximate surface area is 147 Å². The zero-order valence-electron chi connectivity index (χ0n) is 13.6. The molecule has 0 unspecified atom stereocenters. The van der Waals surface area contributed by atoms with E-state index in [4.69, 9.17) is 0 Å². The number of thioether (sulfide) groups is 2. The number of hydrogen-bond donors (Lipinski definition) is 0. The Morgan fingerprint density at radius 1 is 1.04 bits per heavy atom. The van der Waals surface area contributed by atoms with Crippen molar-refractivity contribution in [3.05, 3.63) is 0 Å². The minimum absolute atomic E-state index is 0.0298. The van der Waals surface area contributed by atoms with E-state index in [2.05, 4.69) is 0 Å². The molecular weight excluding hydrogens is 328 g/mol. The molecule has 3 amide bonds. The molecule has 2 atom stereocenters. The van der Waals surface area contributed by atoms with Gasteiger partial charge >= 0.3 is 6.03 Å². The lowest BCUT2D eigenvalue weighted by atomic mass is 10.1. The molecule has 0 spiro atoms. The minimum Gasteiger partial charge on any atom is -0.324 e. The molecule has 2 saturated heterocycles. The van der Waals surface area contributed by atoms with Crippen molar-refractivity contribution in [2.24, 2.45) is 17.8 Å². The van der Waals surface area contributed by atoms with E-state index in [0.717, 1.165) is 37.1 Å². The summed E-state index contributed by atoms with van der Waals surface area (Å²) in [6, 6.07) is -0.0298. The zero-order chi connectivity index (χ0) is 15.8. The summed E-state index contributed by atoms with van der Waals surface area (Å²) in [5.74, 6) is 5.18. The molecule has 4 nitrogen and oxygen atoms in total. The monoisotopic (exact) mass is 354 g/mol. The fourth-order valence-corrected chi connectivity index (χ4v) is 6.80. The summed E-state index contributed by atoms with van der Waals surface area (Å²) in [5, 5.41) is 0. The third kappa shape index (κ3) is 3.84. The summed E-state index contributed by atoms with van der Waals surface area (Å²) < 4.78 is 0.639. The number of urea groups is 1. The van der Waals surface area contributed by atoms with Crippen LogP contribution in [0.15, 0.2) is 0 Å². The minimum atomic E-state index is -0.0298. The van der Waals surface area contributed by atoms with Gasteiger partial charge in [0, 0.05) is 37.6 Å². The number of hydrogen-bond acceptors (Lipinski definition) is 4. The summed E-state index contributed by atoms with van der Waals surface area (Å²) >= 11 is 4.02. The molecule has 4 rings (SSSR count). The first-order valence-electron chi connectivity index (χ1n) is 9.05. The lowest BCUT2D eigenvalue weighted by Crippen LogP contribution is -2.52. The van der Waals surface area contributed by atoms with Gasteiger partial charge < -0.3 is 4.90 Å². The van der Waals surface area contributed by atoms with Gasteiger partial charge in [0.1, 0.15) is 0 Å². The molecule has 2 heterocycles. The lowest BCUT2D eigenvalue weighted by Gasteiger charge is -2.34. The molecule has 2 aliphatic carbocycles. The molecular formula is C17H26N2O2S2. The molecule has 6 heteroatoms. The first-order valence-corrected chi connectivity index (χ1v) is 11.1. The van der Waals surface area contributed by atoms with E-state index in [9.17, 15) is 9.59 Å². The predicted octanol–water partition coefficient (Wildman–Crippen LogP) is 3.27. The molecule has 0 aromatic rings. The van der Waals surface area contributed by atoms with Crippen LogP contribution in [-0.4, -0.2) is 57.5 Å². The average Bonchev–Trinajstić information content (AvgIpc) is 3.44. The van der Waals surface area contributed by atoms with Gasteiger partial charge in [-0.1, -0.05) is 0 Å². The maximum atomic E-state index is 12.6. The fourth-order valence-electron chi connectivity index (χ4n) is 4.00. The highest BCUT2D eigenvalue weighted by atomic mass is 32.2. The van der Waals surface area contributed by atoms with Crippen LogP contribution in [0.25, 0.3) is 0 Å². The highest BCUT2D eigenvalue weighted by molar-refractivity contribution is 8.20. The second kappa shape index (κ2) is 6.87. The molecule has 128 valence electrons. The molecule has 23 heavy (non-hydrogen) atoms. The van der Waals surface area contributed by atoms with Gasteiger partial charge in [-0.25, -0.2) is 4.79 Å². The van der Waals surface area contributed by atoms with Crippen molar-refractivity contribution < 1.29 is 9.59 Å². The molecule has 4 fully saturated rings. The van der Waals surface area contributed by atoms with Gasteiger partial charge in [-0.2, -0.15) is 0 Å². The maximum Gasteiger partial charge on any atom is 0.326 e. The second-order valence-electron chi connectivity index (χ2n) is 7.31. The summed E-state index contributed by atoms with van der Waals surface area (Å²) in [5.41, 5.74) is 0. The van der Waals surface area contributed by atoms with E-state index < -0.39 is 0 Å². The van der Waals surface area contributed by atoms with E-state index >= 15 is 0 Å². The summed E-state index contributed by atoms with van der Waals surface area (Å²) in [6.07, 6.45) is 6.74. The van der Waals surface area contributed by atoms with Crippen LogP contribution in [0.4, 0.5) is 4.79 Å². The second-order valence-corrected chi connectivity index (χ2v) is 10.2. The summed E-state index contributed by atoms with van der Waals surface area (Å²) in [6.45, 7) is 2.07. The van der Waals surface area contributed by atoms with Crippen LogP contribution in [0.2, 0.25) is 0 Å². The van der Waals surface area contributed by atoms with Crippen LogP contribution >= 0.6 is 23.5 Å². The third-order valence-electron chi connectivity index (χ3n) is 5.65. The Bertz CT molecular complexity index is 477. The van der Waals surface area contributed by atoms with Crippen LogP contribution in [0.3, 0.4) is 0 Å². The first-order chi connectivity index (χ1) is 11.2. The fraction of sp³-hybridized carbons (Fsp3) is 0.882. The Balaban J connectivity index is 1.25. The SMILES string of the molecule is O=C1CCN(CCC2SCCS2)C(=O)N1CC[C@@H]1C[C@H]1C1CC1. The van der Waals surface area contributed by atoms with Gasteiger partial charge in [-0.3, -0.25) is 9.69 Å². The molecule has 2 saturated carbocycles. The van der Waals surface area contributed by atoms with Crippen molar-refractivity contribution >= 4 is 35.5 Å². The number of rotatable bonds is 7. The Kier molecular flexibility index (Phi) is 4.81. The van der Waals surface area contributed by atoms with Crippen molar-refractivity contribution in [1.29, 1.82) is 0 Å². The largest absolute Gasteiger partial charge is 0.326 e. The molecule has 2 aliphatic heterocycles. The van der Waals surface area contributed by atoms with Crippen molar-refractivity contribution in [3.63, 3.8) is 0 Å². The van der Waals surface area contributed by atoms with Gasteiger partial charge in [-0.05, 0) is 49.9 Å². The molecule has 0 N–H and O–H groups in total. The highest BCUT2D eigenvalue weighted by Crippen LogP contribution is 2.55. The van der Waals surface area contributed by atoms with E-state index in [1.54, 1.807) is 4.90 Å². The quantitative estimate of drug-likeness (QED) is 0.703. The number of carbonyl (C=O) groups excluding carboxylic acids is 2. The van der Waals surface area contributed by atoms with Crippen LogP contribution < -0.4 is 0 Å². The number of imide groups is 1. The summed E-state index contributed by atoms with van der Waals surface area (Å²) in [7, 11) is 0. The van der Waals surface area contributed by atoms with Gasteiger partial charge in [-0.15, -0.1) is 23.5 Å². The molecule has 0 radical (unpaired) electrons. The Morgan fingerprint density at radius 2 is 1.83 bits per heavy atom. The lowest BCUT2D eigenvalue weighted by molar-refractivity contribution is -0.131. The van der Waals surface area contributed by atoms with Crippen LogP contribution in [0.1, 0.15) is 38.5 Å². The van der Waals surface area contributed by atoms with Crippen LogP contribution in [0.5, 0.6) is 0 Å². The van der Waals surface area contributed by atoms with Crippen LogP contribution in [-0.2, 0) is 4.79 Å². The first kappa shape index (κ1) is 16.1. The van der Waals surface area contributed by atoms with Crippen molar-refractivity contribution in [1.82, 2.24) is 9.80 Å². The van der Waals surface area contributed by atoms with Crippen molar-refractivity contribution in [3.8, 4) is 0 Å². The normalized spacial score (nSPS) is 32.0. The topological polar surface area (TPSA) is 40.6 Å². The third-order valence-corrected chi connectivity index (χ3v) is 8.82. The Morgan fingerprint density at radius 3 is 2.57 bits per heavy atom. The highest BCUT2D eigenvalue weighted by Gasteiger charge is 2.47. The smallest absolute Gasteiger partial charge is 0.324 e. The zero-order valence-corrected chi connectivity index (χ0v) is 15.2. The van der Waals surface area contributed by atoms with E-state index in [0.29, 0.717) is 24.1 Å². The van der Waals surface area contributed by atoms with Gasteiger partial charge in [0.15, 0.2) is 0 Å². The van der Waals surface area contributed by atoms with E-state index in [1.807, 2.05) is 28.4 Å². The van der Waals surface area contributed by atoms with Gasteiger partial charge in [0.25, 0.3) is 0 Å². The standard InChI is InChI=1S/C17H26N2O2S2/c20-15-4-6-18(7-5-16-22-9-10-23-16)17(21)19(15)8-3-13-11-14(13)12-1-2-12/h12-14,16H,1-11H2/t13-,14+/m1/s1. The predicted molar refractivity (Wildman–Crippen MR) is 95.6 cm³/mol. The van der Waals surface area contributed by atoms with E-state index in [1.165, 1.54) is 30.8 Å². The molecule has 0 aromatic carbocycles.